The Morgan fingerprint density at radius 1 is 1.07 bits per heavy atom. The third kappa shape index (κ3) is 4.35. The van der Waals surface area contributed by atoms with Crippen molar-refractivity contribution in [3.8, 4) is 11.3 Å². The van der Waals surface area contributed by atoms with E-state index in [2.05, 4.69) is 10.5 Å². The monoisotopic (exact) mass is 373 g/mol. The number of alkyl halides is 3. The number of carbonyl (C=O) groups is 1. The number of halogens is 3. The lowest BCUT2D eigenvalue weighted by molar-refractivity contribution is -0.137. The molecule has 3 N–H and O–H groups in total. The number of furan rings is 1. The first-order chi connectivity index (χ1) is 12.8. The molecule has 2 aromatic carbocycles. The van der Waals surface area contributed by atoms with Gasteiger partial charge in [-0.15, -0.1) is 0 Å². The maximum absolute atomic E-state index is 12.8. The summed E-state index contributed by atoms with van der Waals surface area (Å²) in [6.45, 7) is 0. The highest BCUT2D eigenvalue weighted by atomic mass is 19.4. The molecule has 0 unspecified atom stereocenters. The van der Waals surface area contributed by atoms with Crippen LogP contribution in [0.25, 0.3) is 11.3 Å². The van der Waals surface area contributed by atoms with E-state index >= 15 is 0 Å². The van der Waals surface area contributed by atoms with Gasteiger partial charge in [0.2, 0.25) is 0 Å². The van der Waals surface area contributed by atoms with Crippen LogP contribution in [0.2, 0.25) is 0 Å². The van der Waals surface area contributed by atoms with Gasteiger partial charge in [0.1, 0.15) is 11.5 Å². The van der Waals surface area contributed by atoms with Crippen LogP contribution in [0.15, 0.2) is 70.2 Å². The van der Waals surface area contributed by atoms with Crippen LogP contribution in [0.4, 0.5) is 18.9 Å². The molecule has 3 rings (SSSR count). The van der Waals surface area contributed by atoms with Gasteiger partial charge in [-0.1, -0.05) is 24.3 Å². The first-order valence-corrected chi connectivity index (χ1v) is 7.80. The molecule has 8 heteroatoms. The SMILES string of the molecule is Nc1ccccc1C(=O)NN=Cc1ccc(-c2cccc(C(F)(F)F)c2)o1. The highest BCUT2D eigenvalue weighted by molar-refractivity contribution is 5.99. The molecule has 0 aliphatic rings. The fraction of sp³-hybridized carbons (Fsp3) is 0.0526. The van der Waals surface area contributed by atoms with Gasteiger partial charge in [0.25, 0.3) is 5.91 Å². The summed E-state index contributed by atoms with van der Waals surface area (Å²) in [6.07, 6.45) is -3.19. The Hall–Kier alpha value is -3.55. The van der Waals surface area contributed by atoms with Crippen molar-refractivity contribution >= 4 is 17.8 Å². The summed E-state index contributed by atoms with van der Waals surface area (Å²) in [7, 11) is 0. The number of benzene rings is 2. The van der Waals surface area contributed by atoms with Gasteiger partial charge in [-0.25, -0.2) is 5.43 Å². The maximum atomic E-state index is 12.8. The summed E-state index contributed by atoms with van der Waals surface area (Å²) < 4.78 is 43.9. The quantitative estimate of drug-likeness (QED) is 0.406. The second-order valence-electron chi connectivity index (χ2n) is 5.57. The van der Waals surface area contributed by atoms with Gasteiger partial charge in [0, 0.05) is 11.3 Å². The van der Waals surface area contributed by atoms with Gasteiger partial charge in [0.15, 0.2) is 0 Å². The lowest BCUT2D eigenvalue weighted by Gasteiger charge is -2.07. The Morgan fingerprint density at radius 2 is 1.85 bits per heavy atom. The number of amides is 1. The summed E-state index contributed by atoms with van der Waals surface area (Å²) in [4.78, 5) is 12.0. The molecule has 0 saturated carbocycles. The summed E-state index contributed by atoms with van der Waals surface area (Å²) >= 11 is 0. The van der Waals surface area contributed by atoms with Crippen molar-refractivity contribution in [2.45, 2.75) is 6.18 Å². The molecule has 3 aromatic rings. The van der Waals surface area contributed by atoms with Crippen molar-refractivity contribution in [3.05, 3.63) is 77.6 Å². The molecule has 1 amide bonds. The molecule has 138 valence electrons. The second kappa shape index (κ2) is 7.36. The van der Waals surface area contributed by atoms with Gasteiger partial charge in [-0.2, -0.15) is 18.3 Å². The van der Waals surface area contributed by atoms with Crippen LogP contribution in [0.3, 0.4) is 0 Å². The molecule has 0 aliphatic heterocycles. The van der Waals surface area contributed by atoms with Crippen LogP contribution in [0.1, 0.15) is 21.7 Å². The minimum Gasteiger partial charge on any atom is -0.455 e. The average molecular weight is 373 g/mol. The van der Waals surface area contributed by atoms with Crippen molar-refractivity contribution < 1.29 is 22.4 Å². The smallest absolute Gasteiger partial charge is 0.416 e. The van der Waals surface area contributed by atoms with E-state index in [1.165, 1.54) is 30.5 Å². The standard InChI is InChI=1S/C19H14F3N3O2/c20-19(21,22)13-5-3-4-12(10-13)17-9-8-14(27-17)11-24-25-18(26)15-6-1-2-7-16(15)23/h1-11H,23H2,(H,25,26). The molecule has 1 heterocycles. The molecule has 27 heavy (non-hydrogen) atoms. The molecule has 0 bridgehead atoms. The van der Waals surface area contributed by atoms with E-state index in [0.29, 0.717) is 5.69 Å². The number of rotatable bonds is 4. The Morgan fingerprint density at radius 3 is 2.59 bits per heavy atom. The van der Waals surface area contributed by atoms with Gasteiger partial charge in [-0.05, 0) is 36.4 Å². The molecular formula is C19H14F3N3O2. The summed E-state index contributed by atoms with van der Waals surface area (Å²) in [6, 6.07) is 14.4. The number of para-hydroxylation sites is 1. The van der Waals surface area contributed by atoms with E-state index in [1.54, 1.807) is 24.3 Å². The fourth-order valence-corrected chi connectivity index (χ4v) is 2.34. The van der Waals surface area contributed by atoms with Crippen LogP contribution < -0.4 is 11.2 Å². The van der Waals surface area contributed by atoms with Crippen molar-refractivity contribution in [1.29, 1.82) is 0 Å². The molecular weight excluding hydrogens is 359 g/mol. The molecule has 0 fully saturated rings. The first-order valence-electron chi connectivity index (χ1n) is 7.80. The Labute approximate surface area is 152 Å². The first kappa shape index (κ1) is 18.2. The van der Waals surface area contributed by atoms with Gasteiger partial charge in [-0.3, -0.25) is 4.79 Å². The fourth-order valence-electron chi connectivity index (χ4n) is 2.34. The number of hydrogen-bond donors (Lipinski definition) is 2. The highest BCUT2D eigenvalue weighted by Crippen LogP contribution is 2.32. The predicted octanol–water partition coefficient (Wildman–Crippen LogP) is 4.31. The van der Waals surface area contributed by atoms with Crippen LogP contribution in [-0.4, -0.2) is 12.1 Å². The number of carbonyl (C=O) groups excluding carboxylic acids is 1. The number of anilines is 1. The minimum atomic E-state index is -4.43. The van der Waals surface area contributed by atoms with Gasteiger partial charge in [0.05, 0.1) is 17.3 Å². The number of nitrogens with zero attached hydrogens (tertiary/aromatic N) is 1. The van der Waals surface area contributed by atoms with Crippen LogP contribution in [0.5, 0.6) is 0 Å². The molecule has 0 radical (unpaired) electrons. The van der Waals surface area contributed by atoms with E-state index in [0.717, 1.165) is 12.1 Å². The topological polar surface area (TPSA) is 80.6 Å². The van der Waals surface area contributed by atoms with Crippen molar-refractivity contribution in [1.82, 2.24) is 5.43 Å². The van der Waals surface area contributed by atoms with Gasteiger partial charge < -0.3 is 10.2 Å². The summed E-state index contributed by atoms with van der Waals surface area (Å²) in [5, 5.41) is 3.77. The van der Waals surface area contributed by atoms with Crippen LogP contribution in [0, 0.1) is 0 Å². The number of nitrogens with one attached hydrogen (secondary N) is 1. The average Bonchev–Trinajstić information content (AvgIpc) is 3.10. The minimum absolute atomic E-state index is 0.251. The van der Waals surface area contributed by atoms with Crippen LogP contribution >= 0.6 is 0 Å². The van der Waals surface area contributed by atoms with Gasteiger partial charge >= 0.3 is 6.18 Å². The Bertz CT molecular complexity index is 994. The number of hydrazone groups is 1. The predicted molar refractivity (Wildman–Crippen MR) is 95.1 cm³/mol. The number of nitrogens with two attached hydrogens (primary N) is 1. The summed E-state index contributed by atoms with van der Waals surface area (Å²) in [5.41, 5.74) is 8.12. The largest absolute Gasteiger partial charge is 0.455 e. The summed E-state index contributed by atoms with van der Waals surface area (Å²) in [5.74, 6) is 0.0268. The zero-order valence-electron chi connectivity index (χ0n) is 13.8. The Balaban J connectivity index is 1.70. The zero-order chi connectivity index (χ0) is 19.4. The third-order valence-electron chi connectivity index (χ3n) is 3.66. The van der Waals surface area contributed by atoms with E-state index < -0.39 is 17.6 Å². The molecule has 0 spiro atoms. The lowest BCUT2D eigenvalue weighted by atomic mass is 10.1. The third-order valence-corrected chi connectivity index (χ3v) is 3.66. The van der Waals surface area contributed by atoms with Crippen molar-refractivity contribution in [2.24, 2.45) is 5.10 Å². The maximum Gasteiger partial charge on any atom is 0.416 e. The number of nitrogen functional groups attached to an aromatic ring is 1. The van der Waals surface area contributed by atoms with E-state index in [9.17, 15) is 18.0 Å². The van der Waals surface area contributed by atoms with Crippen molar-refractivity contribution in [2.75, 3.05) is 5.73 Å². The van der Waals surface area contributed by atoms with Crippen LogP contribution in [-0.2, 0) is 6.18 Å². The number of hydrogen-bond acceptors (Lipinski definition) is 4. The normalized spacial score (nSPS) is 11.7. The lowest BCUT2D eigenvalue weighted by Crippen LogP contribution is -2.18. The van der Waals surface area contributed by atoms with E-state index in [-0.39, 0.29) is 22.6 Å². The van der Waals surface area contributed by atoms with E-state index in [4.69, 9.17) is 10.2 Å². The second-order valence-corrected chi connectivity index (χ2v) is 5.57. The van der Waals surface area contributed by atoms with E-state index in [1.807, 2.05) is 0 Å². The molecule has 5 nitrogen and oxygen atoms in total. The highest BCUT2D eigenvalue weighted by Gasteiger charge is 2.30. The van der Waals surface area contributed by atoms with Crippen molar-refractivity contribution in [3.63, 3.8) is 0 Å². The Kier molecular flexibility index (Phi) is 4.98. The molecule has 0 saturated heterocycles. The molecule has 0 aliphatic carbocycles. The molecule has 1 aromatic heterocycles. The zero-order valence-corrected chi connectivity index (χ0v) is 13.8. The molecule has 0 atom stereocenters.